The van der Waals surface area contributed by atoms with Gasteiger partial charge in [0.05, 0.1) is 30.0 Å². The average molecular weight is 707 g/mol. The Labute approximate surface area is 308 Å². The maximum absolute atomic E-state index is 13.4. The Balaban J connectivity index is 0.989. The van der Waals surface area contributed by atoms with Crippen molar-refractivity contribution in [3.8, 4) is 11.8 Å². The molecule has 0 radical (unpaired) electrons. The molecule has 3 aliphatic rings. The Kier molecular flexibility index (Phi) is 9.01. The number of rotatable bonds is 10. The topological polar surface area (TPSA) is 96.0 Å². The van der Waals surface area contributed by atoms with Gasteiger partial charge in [-0.3, -0.25) is 4.90 Å². The Morgan fingerprint density at radius 1 is 0.755 bits per heavy atom. The standard InChI is InChI=1S/C43H42N6O4/c50-43(53-28-31-12-5-2-6-13-31)49-34-17-18-35(49)25-48(24-34)41-38-19-21-47(26-39(38)45-42(46-41)52-29-33-15-9-20-44-33)40-23-36(22-32-14-7-8-16-37(32)40)51-27-30-10-3-1-4-11-30/h1-16,20,22-23,34-35,44H,17-19,21,24-29H2/t34-,35?/m0/s1. The lowest BCUT2D eigenvalue weighted by Gasteiger charge is -2.42. The number of hydrogen-bond donors (Lipinski definition) is 1. The van der Waals surface area contributed by atoms with Gasteiger partial charge in [-0.2, -0.15) is 9.97 Å². The second-order valence-corrected chi connectivity index (χ2v) is 14.1. The molecule has 9 rings (SSSR count). The Morgan fingerprint density at radius 2 is 1.49 bits per heavy atom. The number of piperazine rings is 1. The van der Waals surface area contributed by atoms with E-state index in [1.54, 1.807) is 0 Å². The first kappa shape index (κ1) is 32.8. The third-order valence-corrected chi connectivity index (χ3v) is 10.6. The highest BCUT2D eigenvalue weighted by Gasteiger charge is 2.44. The van der Waals surface area contributed by atoms with E-state index < -0.39 is 0 Å². The van der Waals surface area contributed by atoms with E-state index >= 15 is 0 Å². The molecule has 2 saturated heterocycles. The fourth-order valence-corrected chi connectivity index (χ4v) is 8.04. The number of benzene rings is 4. The predicted molar refractivity (Wildman–Crippen MR) is 204 cm³/mol. The molecule has 1 unspecified atom stereocenters. The molecule has 0 aliphatic carbocycles. The molecule has 53 heavy (non-hydrogen) atoms. The van der Waals surface area contributed by atoms with Crippen molar-refractivity contribution in [3.05, 3.63) is 143 Å². The summed E-state index contributed by atoms with van der Waals surface area (Å²) in [6.07, 6.45) is 4.30. The lowest BCUT2D eigenvalue weighted by atomic mass is 10.0. The zero-order valence-corrected chi connectivity index (χ0v) is 29.6. The Morgan fingerprint density at radius 3 is 2.25 bits per heavy atom. The normalized spacial score (nSPS) is 17.8. The van der Waals surface area contributed by atoms with Crippen LogP contribution in [0.5, 0.6) is 11.8 Å². The van der Waals surface area contributed by atoms with E-state index in [0.717, 1.165) is 76.5 Å². The van der Waals surface area contributed by atoms with Gasteiger partial charge in [-0.1, -0.05) is 84.9 Å². The molecular weight excluding hydrogens is 665 g/mol. The largest absolute Gasteiger partial charge is 0.489 e. The lowest BCUT2D eigenvalue weighted by Crippen LogP contribution is -2.56. The van der Waals surface area contributed by atoms with Gasteiger partial charge in [-0.25, -0.2) is 4.79 Å². The molecule has 10 heteroatoms. The minimum atomic E-state index is -0.237. The highest BCUT2D eigenvalue weighted by atomic mass is 16.6. The van der Waals surface area contributed by atoms with E-state index in [4.69, 9.17) is 24.2 Å². The van der Waals surface area contributed by atoms with E-state index in [2.05, 4.69) is 63.3 Å². The van der Waals surface area contributed by atoms with Crippen LogP contribution in [0.2, 0.25) is 0 Å². The summed E-state index contributed by atoms with van der Waals surface area (Å²) in [5, 5.41) is 2.31. The Hall–Kier alpha value is -6.03. The third kappa shape index (κ3) is 6.96. The lowest BCUT2D eigenvalue weighted by molar-refractivity contribution is 0.0732. The van der Waals surface area contributed by atoms with Gasteiger partial charge in [-0.15, -0.1) is 0 Å². The number of aromatic nitrogens is 3. The maximum Gasteiger partial charge on any atom is 0.410 e. The molecule has 6 aromatic rings. The van der Waals surface area contributed by atoms with Gasteiger partial charge >= 0.3 is 12.1 Å². The van der Waals surface area contributed by atoms with Crippen LogP contribution in [-0.2, 0) is 37.5 Å². The van der Waals surface area contributed by atoms with Gasteiger partial charge in [0.1, 0.15) is 31.4 Å². The molecule has 2 aromatic heterocycles. The van der Waals surface area contributed by atoms with Crippen LogP contribution in [0.15, 0.2) is 115 Å². The van der Waals surface area contributed by atoms with Crippen molar-refractivity contribution in [2.75, 3.05) is 29.4 Å². The Bertz CT molecular complexity index is 2180. The number of aromatic amines is 1. The van der Waals surface area contributed by atoms with Gasteiger partial charge < -0.3 is 29.0 Å². The molecule has 4 aromatic carbocycles. The van der Waals surface area contributed by atoms with Crippen LogP contribution in [0.25, 0.3) is 10.8 Å². The number of carbonyl (C=O) groups excluding carboxylic acids is 1. The monoisotopic (exact) mass is 706 g/mol. The molecule has 268 valence electrons. The van der Waals surface area contributed by atoms with Crippen molar-refractivity contribution in [3.63, 3.8) is 0 Å². The SMILES string of the molecule is O=C(OCc1ccccc1)N1C2CC[C@H]1CN(c1nc(OCc3ccc[nH]3)nc3c1CCN(c1cc(OCc4ccccc4)cc4ccccc14)C3)C2. The fourth-order valence-electron chi connectivity index (χ4n) is 8.04. The van der Waals surface area contributed by atoms with Crippen molar-refractivity contribution < 1.29 is 19.0 Å². The molecule has 10 nitrogen and oxygen atoms in total. The maximum atomic E-state index is 13.4. The van der Waals surface area contributed by atoms with Crippen LogP contribution in [-0.4, -0.2) is 57.7 Å². The van der Waals surface area contributed by atoms with Crippen molar-refractivity contribution in [1.29, 1.82) is 0 Å². The van der Waals surface area contributed by atoms with Crippen molar-refractivity contribution in [2.24, 2.45) is 0 Å². The summed E-state index contributed by atoms with van der Waals surface area (Å²) in [6, 6.07) is 37.3. The second kappa shape index (κ2) is 14.5. The summed E-state index contributed by atoms with van der Waals surface area (Å²) < 4.78 is 18.4. The molecule has 1 amide bonds. The number of carbonyl (C=O) groups is 1. The molecule has 0 spiro atoms. The summed E-state index contributed by atoms with van der Waals surface area (Å²) in [4.78, 5) is 33.4. The highest BCUT2D eigenvalue weighted by molar-refractivity contribution is 5.96. The molecule has 5 heterocycles. The summed E-state index contributed by atoms with van der Waals surface area (Å²) >= 11 is 0. The number of ether oxygens (including phenoxy) is 3. The quantitative estimate of drug-likeness (QED) is 0.155. The zero-order valence-electron chi connectivity index (χ0n) is 29.6. The van der Waals surface area contributed by atoms with Crippen LogP contribution in [0.3, 0.4) is 0 Å². The van der Waals surface area contributed by atoms with E-state index in [9.17, 15) is 4.79 Å². The number of anilines is 2. The fraction of sp³-hybridized carbons (Fsp3) is 0.279. The van der Waals surface area contributed by atoms with Gasteiger partial charge in [0, 0.05) is 48.5 Å². The molecule has 2 bridgehead atoms. The second-order valence-electron chi connectivity index (χ2n) is 14.1. The molecule has 0 saturated carbocycles. The van der Waals surface area contributed by atoms with Gasteiger partial charge in [-0.05, 0) is 54.0 Å². The minimum absolute atomic E-state index is 0.0519. The first-order chi connectivity index (χ1) is 26.1. The summed E-state index contributed by atoms with van der Waals surface area (Å²) in [5.41, 5.74) is 6.29. The van der Waals surface area contributed by atoms with Crippen LogP contribution < -0.4 is 19.3 Å². The minimum Gasteiger partial charge on any atom is -0.489 e. The van der Waals surface area contributed by atoms with Crippen LogP contribution in [0.4, 0.5) is 16.3 Å². The summed E-state index contributed by atoms with van der Waals surface area (Å²) in [5.74, 6) is 1.75. The van der Waals surface area contributed by atoms with E-state index in [1.165, 1.54) is 5.39 Å². The molecule has 3 aliphatic heterocycles. The first-order valence-corrected chi connectivity index (χ1v) is 18.5. The van der Waals surface area contributed by atoms with Gasteiger partial charge in [0.25, 0.3) is 0 Å². The van der Waals surface area contributed by atoms with Crippen molar-refractivity contribution >= 4 is 28.4 Å². The third-order valence-electron chi connectivity index (χ3n) is 10.6. The molecule has 2 atom stereocenters. The number of nitrogens with zero attached hydrogens (tertiary/aromatic N) is 5. The zero-order chi connectivity index (χ0) is 35.6. The highest BCUT2D eigenvalue weighted by Crippen LogP contribution is 2.39. The molecule has 2 fully saturated rings. The average Bonchev–Trinajstić information content (AvgIpc) is 3.83. The first-order valence-electron chi connectivity index (χ1n) is 18.5. The smallest absolute Gasteiger partial charge is 0.410 e. The van der Waals surface area contributed by atoms with Crippen LogP contribution in [0, 0.1) is 0 Å². The molecular formula is C43H42N6O4. The number of nitrogens with one attached hydrogen (secondary N) is 1. The number of fused-ring (bicyclic) bond motifs is 4. The van der Waals surface area contributed by atoms with Crippen LogP contribution >= 0.6 is 0 Å². The predicted octanol–water partition coefficient (Wildman–Crippen LogP) is 7.67. The van der Waals surface area contributed by atoms with E-state index in [1.807, 2.05) is 71.8 Å². The van der Waals surface area contributed by atoms with Gasteiger partial charge in [0.2, 0.25) is 0 Å². The van der Waals surface area contributed by atoms with Crippen molar-refractivity contribution in [1.82, 2.24) is 19.9 Å². The number of amides is 1. The van der Waals surface area contributed by atoms with Crippen molar-refractivity contribution in [2.45, 2.75) is 57.7 Å². The number of H-pyrrole nitrogens is 1. The summed E-state index contributed by atoms with van der Waals surface area (Å²) in [6.45, 7) is 3.89. The summed E-state index contributed by atoms with van der Waals surface area (Å²) in [7, 11) is 0. The van der Waals surface area contributed by atoms with Crippen LogP contribution in [0.1, 0.15) is 40.9 Å². The van der Waals surface area contributed by atoms with E-state index in [0.29, 0.717) is 38.9 Å². The number of hydrogen-bond acceptors (Lipinski definition) is 8. The van der Waals surface area contributed by atoms with Gasteiger partial charge in [0.15, 0.2) is 0 Å². The van der Waals surface area contributed by atoms with E-state index in [-0.39, 0.29) is 24.8 Å². The molecule has 1 N–H and O–H groups in total.